The summed E-state index contributed by atoms with van der Waals surface area (Å²) >= 11 is 9.12. The van der Waals surface area contributed by atoms with E-state index in [1.54, 1.807) is 18.3 Å². The van der Waals surface area contributed by atoms with Gasteiger partial charge in [-0.25, -0.2) is 0 Å². The zero-order valence-electron chi connectivity index (χ0n) is 8.45. The lowest BCUT2D eigenvalue weighted by Gasteiger charge is -2.20. The molecule has 4 heteroatoms. The summed E-state index contributed by atoms with van der Waals surface area (Å²) in [4.78, 5) is 2.94. The van der Waals surface area contributed by atoms with Gasteiger partial charge in [0.2, 0.25) is 0 Å². The highest BCUT2D eigenvalue weighted by molar-refractivity contribution is 7.13. The fraction of sp³-hybridized carbons (Fsp3) is 0.273. The third-order valence-electron chi connectivity index (χ3n) is 2.28. The average Bonchev–Trinajstić information content (AvgIpc) is 2.74. The largest absolute Gasteiger partial charge is 0.379 e. The molecule has 80 valence electrons. The lowest BCUT2D eigenvalue weighted by atomic mass is 10.0. The first-order valence-corrected chi connectivity index (χ1v) is 6.62. The molecule has 0 amide bonds. The van der Waals surface area contributed by atoms with Crippen molar-refractivity contribution in [3.05, 3.63) is 43.2 Å². The van der Waals surface area contributed by atoms with E-state index < -0.39 is 5.60 Å². The van der Waals surface area contributed by atoms with Crippen LogP contribution < -0.4 is 0 Å². The van der Waals surface area contributed by atoms with Gasteiger partial charge in [0.25, 0.3) is 0 Å². The van der Waals surface area contributed by atoms with Gasteiger partial charge in [0.1, 0.15) is 5.60 Å². The molecule has 1 nitrogen and oxygen atoms in total. The van der Waals surface area contributed by atoms with Gasteiger partial charge in [-0.05, 0) is 37.4 Å². The average molecular weight is 259 g/mol. The van der Waals surface area contributed by atoms with Crippen LogP contribution in [-0.4, -0.2) is 5.11 Å². The Kier molecular flexibility index (Phi) is 2.90. The van der Waals surface area contributed by atoms with Gasteiger partial charge in [0.15, 0.2) is 0 Å². The van der Waals surface area contributed by atoms with Crippen LogP contribution in [-0.2, 0) is 5.60 Å². The maximum Gasteiger partial charge on any atom is 0.131 e. The molecule has 0 spiro atoms. The molecule has 2 aromatic rings. The Hall–Kier alpha value is -0.350. The van der Waals surface area contributed by atoms with Crippen molar-refractivity contribution >= 4 is 34.3 Å². The zero-order valence-corrected chi connectivity index (χ0v) is 10.8. The van der Waals surface area contributed by atoms with E-state index in [0.29, 0.717) is 5.02 Å². The molecule has 0 aliphatic carbocycles. The highest BCUT2D eigenvalue weighted by Gasteiger charge is 2.30. The van der Waals surface area contributed by atoms with Gasteiger partial charge in [-0.1, -0.05) is 11.6 Å². The van der Waals surface area contributed by atoms with Crippen LogP contribution in [0.15, 0.2) is 23.6 Å². The van der Waals surface area contributed by atoms with Crippen molar-refractivity contribution in [3.63, 3.8) is 0 Å². The molecule has 2 aromatic heterocycles. The summed E-state index contributed by atoms with van der Waals surface area (Å²) in [7, 11) is 0. The van der Waals surface area contributed by atoms with Crippen LogP contribution in [0.4, 0.5) is 0 Å². The van der Waals surface area contributed by atoms with Crippen LogP contribution in [0.25, 0.3) is 0 Å². The van der Waals surface area contributed by atoms with Crippen molar-refractivity contribution < 1.29 is 5.11 Å². The lowest BCUT2D eigenvalue weighted by Crippen LogP contribution is -2.20. The summed E-state index contributed by atoms with van der Waals surface area (Å²) in [6, 6.07) is 5.78. The second-order valence-corrected chi connectivity index (χ2v) is 6.19. The number of hydrogen-bond acceptors (Lipinski definition) is 3. The number of halogens is 1. The predicted octanol–water partition coefficient (Wildman–Crippen LogP) is 4.03. The van der Waals surface area contributed by atoms with E-state index >= 15 is 0 Å². The smallest absolute Gasteiger partial charge is 0.131 e. The van der Waals surface area contributed by atoms with E-state index in [1.807, 2.05) is 30.5 Å². The van der Waals surface area contributed by atoms with E-state index in [0.717, 1.165) is 9.75 Å². The maximum atomic E-state index is 10.5. The zero-order chi connectivity index (χ0) is 11.1. The molecule has 0 aliphatic rings. The van der Waals surface area contributed by atoms with Gasteiger partial charge in [0.05, 0.1) is 9.90 Å². The normalized spacial score (nSPS) is 15.2. The van der Waals surface area contributed by atoms with Crippen molar-refractivity contribution in [2.75, 3.05) is 0 Å². The Morgan fingerprint density at radius 2 is 2.07 bits per heavy atom. The molecular weight excluding hydrogens is 248 g/mol. The van der Waals surface area contributed by atoms with Gasteiger partial charge in [-0.2, -0.15) is 0 Å². The number of aliphatic hydroxyl groups is 1. The van der Waals surface area contributed by atoms with Crippen molar-refractivity contribution in [2.24, 2.45) is 0 Å². The molecule has 0 aliphatic heterocycles. The van der Waals surface area contributed by atoms with E-state index in [9.17, 15) is 5.11 Å². The summed E-state index contributed by atoms with van der Waals surface area (Å²) in [6.07, 6.45) is 0. The van der Waals surface area contributed by atoms with E-state index in [4.69, 9.17) is 11.6 Å². The topological polar surface area (TPSA) is 20.2 Å². The fourth-order valence-electron chi connectivity index (χ4n) is 1.45. The highest BCUT2D eigenvalue weighted by Crippen LogP contribution is 2.40. The van der Waals surface area contributed by atoms with Crippen LogP contribution in [0.1, 0.15) is 21.6 Å². The molecule has 1 N–H and O–H groups in total. The van der Waals surface area contributed by atoms with Gasteiger partial charge in [-0.15, -0.1) is 22.7 Å². The third kappa shape index (κ3) is 1.97. The van der Waals surface area contributed by atoms with Crippen LogP contribution in [0.3, 0.4) is 0 Å². The van der Waals surface area contributed by atoms with Crippen molar-refractivity contribution in [1.82, 2.24) is 0 Å². The summed E-state index contributed by atoms with van der Waals surface area (Å²) < 4.78 is 0. The van der Waals surface area contributed by atoms with Crippen LogP contribution in [0.5, 0.6) is 0 Å². The molecular formula is C11H11ClOS2. The lowest BCUT2D eigenvalue weighted by molar-refractivity contribution is 0.110. The molecule has 2 rings (SSSR count). The summed E-state index contributed by atoms with van der Waals surface area (Å²) in [5.74, 6) is 0. The highest BCUT2D eigenvalue weighted by atomic mass is 35.5. The Morgan fingerprint density at radius 3 is 2.53 bits per heavy atom. The van der Waals surface area contributed by atoms with Gasteiger partial charge < -0.3 is 5.11 Å². The number of aryl methyl sites for hydroxylation is 1. The summed E-state index contributed by atoms with van der Waals surface area (Å²) in [6.45, 7) is 3.82. The van der Waals surface area contributed by atoms with Crippen molar-refractivity contribution in [1.29, 1.82) is 0 Å². The fourth-order valence-corrected chi connectivity index (χ4v) is 3.75. The Labute approximate surface area is 102 Å². The predicted molar refractivity (Wildman–Crippen MR) is 67.1 cm³/mol. The van der Waals surface area contributed by atoms with E-state index in [1.165, 1.54) is 16.2 Å². The first-order chi connectivity index (χ1) is 7.01. The molecule has 0 fully saturated rings. The summed E-state index contributed by atoms with van der Waals surface area (Å²) in [5.41, 5.74) is -0.968. The van der Waals surface area contributed by atoms with Crippen LogP contribution in [0.2, 0.25) is 5.02 Å². The van der Waals surface area contributed by atoms with Crippen molar-refractivity contribution in [2.45, 2.75) is 19.4 Å². The number of rotatable bonds is 2. The van der Waals surface area contributed by atoms with Gasteiger partial charge >= 0.3 is 0 Å². The minimum atomic E-state index is -0.968. The summed E-state index contributed by atoms with van der Waals surface area (Å²) in [5, 5.41) is 13.0. The van der Waals surface area contributed by atoms with Gasteiger partial charge in [0, 0.05) is 9.75 Å². The third-order valence-corrected chi connectivity index (χ3v) is 5.04. The standard InChI is InChI=1S/C11H11ClOS2/c1-7-3-4-9(15-7)11(2,13)10-8(12)5-6-14-10/h3-6,13H,1-2H3. The molecule has 0 radical (unpaired) electrons. The second-order valence-electron chi connectivity index (χ2n) is 3.58. The molecule has 15 heavy (non-hydrogen) atoms. The first-order valence-electron chi connectivity index (χ1n) is 4.54. The minimum absolute atomic E-state index is 0.635. The molecule has 1 unspecified atom stereocenters. The Morgan fingerprint density at radius 1 is 1.33 bits per heavy atom. The molecule has 2 heterocycles. The van der Waals surface area contributed by atoms with Crippen LogP contribution in [0, 0.1) is 6.92 Å². The van der Waals surface area contributed by atoms with Crippen LogP contribution >= 0.6 is 34.3 Å². The van der Waals surface area contributed by atoms with Gasteiger partial charge in [-0.3, -0.25) is 0 Å². The van der Waals surface area contributed by atoms with Crippen molar-refractivity contribution in [3.8, 4) is 0 Å². The second kappa shape index (κ2) is 3.91. The van der Waals surface area contributed by atoms with E-state index in [2.05, 4.69) is 0 Å². The quantitative estimate of drug-likeness (QED) is 0.862. The first kappa shape index (κ1) is 11.1. The number of hydrogen-bond donors (Lipinski definition) is 1. The molecule has 0 saturated heterocycles. The maximum absolute atomic E-state index is 10.5. The monoisotopic (exact) mass is 258 g/mol. The number of thiophene rings is 2. The molecule has 0 aromatic carbocycles. The molecule has 0 bridgehead atoms. The minimum Gasteiger partial charge on any atom is -0.379 e. The van der Waals surface area contributed by atoms with E-state index in [-0.39, 0.29) is 0 Å². The molecule has 1 atom stereocenters. The SMILES string of the molecule is Cc1ccc(C(C)(O)c2sccc2Cl)s1. The Bertz CT molecular complexity index is 470. The Balaban J connectivity index is 2.47. The molecule has 0 saturated carbocycles.